The number of pyridine rings is 3. The molecular weight excluding hydrogens is 1640 g/mol. The number of nitrogens with one attached hydrogen (secondary N) is 8. The highest BCUT2D eigenvalue weighted by Gasteiger charge is 2.53. The van der Waals surface area contributed by atoms with Crippen molar-refractivity contribution in [2.24, 2.45) is 0 Å². The average Bonchev–Trinajstić information content (AvgIpc) is 1.63. The number of urea groups is 4. The van der Waals surface area contributed by atoms with Gasteiger partial charge in [-0.3, -0.25) is 64.6 Å². The first kappa shape index (κ1) is 87.4. The zero-order valence-electron chi connectivity index (χ0n) is 65.7. The number of carbonyl (C=O) groups is 14. The lowest BCUT2D eigenvalue weighted by atomic mass is 9.99. The van der Waals surface area contributed by atoms with E-state index in [4.69, 9.17) is 24.7 Å². The fraction of sp³-hybridized carbons (Fsp3) is 0.202. The number of carboxylic acids is 1. The van der Waals surface area contributed by atoms with E-state index in [1.54, 1.807) is 66.7 Å². The molecule has 37 nitrogen and oxygen atoms in total. The van der Waals surface area contributed by atoms with Gasteiger partial charge in [0, 0.05) is 78.7 Å². The number of carboxylic acid groups (broad SMARTS) is 1. The number of hydrogen-bond acceptors (Lipinski definition) is 24. The fourth-order valence-corrected chi connectivity index (χ4v) is 13.8. The van der Waals surface area contributed by atoms with Crippen LogP contribution in [0.2, 0.25) is 0 Å². The Bertz CT molecular complexity index is 6190. The maximum atomic E-state index is 13.4. The molecule has 4 atom stereocenters. The predicted molar refractivity (Wildman–Crippen MR) is 423 cm³/mol. The number of methoxy groups -OCH3 is 4. The number of alkyl halides is 2. The van der Waals surface area contributed by atoms with E-state index in [2.05, 4.69) is 104 Å². The van der Waals surface area contributed by atoms with Gasteiger partial charge in [0.15, 0.2) is 11.4 Å². The predicted octanol–water partition coefficient (Wildman–Crippen LogP) is 3.41. The third kappa shape index (κ3) is 18.6. The van der Waals surface area contributed by atoms with Gasteiger partial charge in [0.1, 0.15) is 34.6 Å². The highest BCUT2D eigenvalue weighted by molar-refractivity contribution is 6.13. The number of ether oxygens (including phenoxy) is 5. The largest absolute Gasteiger partial charge is 0.497 e. The van der Waals surface area contributed by atoms with Crippen molar-refractivity contribution in [1.82, 2.24) is 83.2 Å². The maximum Gasteiger partial charge on any atom is 0.387 e. The summed E-state index contributed by atoms with van der Waals surface area (Å²) in [7, 11) is 5.73. The number of aromatic carboxylic acids is 1. The molecule has 14 N–H and O–H groups in total. The molecule has 8 aliphatic heterocycles. The van der Waals surface area contributed by atoms with Crippen molar-refractivity contribution in [2.45, 2.75) is 54.9 Å². The summed E-state index contributed by atoms with van der Waals surface area (Å²) in [4.78, 5) is 190. The van der Waals surface area contributed by atoms with Gasteiger partial charge >= 0.3 is 42.7 Å². The normalized spacial score (nSPS) is 19.2. The monoisotopic (exact) mass is 1710 g/mol. The van der Waals surface area contributed by atoms with Crippen LogP contribution in [-0.2, 0) is 50.1 Å². The minimum atomic E-state index is -3.07. The molecule has 41 heteroatoms. The lowest BCUT2D eigenvalue weighted by molar-refractivity contribution is -0.123. The van der Waals surface area contributed by atoms with Gasteiger partial charge in [-0.2, -0.15) is 8.78 Å². The number of esters is 1. The lowest BCUT2D eigenvalue weighted by Crippen LogP contribution is -2.54. The third-order valence-corrected chi connectivity index (χ3v) is 19.8. The smallest absolute Gasteiger partial charge is 0.387 e. The van der Waals surface area contributed by atoms with E-state index in [0.29, 0.717) is 63.4 Å². The first-order chi connectivity index (χ1) is 59.3. The lowest BCUT2D eigenvalue weighted by Gasteiger charge is -2.26. The maximum absolute atomic E-state index is 13.4. The van der Waals surface area contributed by atoms with E-state index in [-0.39, 0.29) is 103 Å². The summed E-state index contributed by atoms with van der Waals surface area (Å²) in [6, 6.07) is 26.5. The molecule has 0 aliphatic carbocycles. The Morgan fingerprint density at radius 1 is 0.456 bits per heavy atom. The van der Waals surface area contributed by atoms with E-state index in [9.17, 15) is 89.8 Å². The van der Waals surface area contributed by atoms with Crippen LogP contribution in [0.3, 0.4) is 0 Å². The standard InChI is InChI=1S/C22H18N4O6.C21H13F4N3O4.C21H16N4O6.C20H17N5O4.H3N/c1-31-15-6-5-14-11-26(18(27)16(14)10-15)12-22(20(29)24-21(30)25-22)8-7-13-4-3-9-23-17(13)19(28)32-2;22-13-5-11(6-14(23)7-13)3-4-21(18(30)26-20(31)27-21)10-28-9-12-1-2-15(32-19(24)25)8-16(12)17(28)29;1-31-14-5-4-13-10-25(17(26)15(13)9-14)11-21(19(29)23-20(30)24-21)7-6-12-3-2-8-22-16(12)18(27)28;1-29-14-3-2-13-10-25(17(26)15(13)8-14)11-20(18(27)23-19(28)24-20)6-4-12-5-7-22-9-16(12)21;/h3-6,9-10H,11-12H2,1-2H3,(H2,24,25,29,30);1-2,5-8,19H,9-10H2,(H2,26,27,30,31);2-5,8-9H,10-11H2,1H3,(H,27,28)(H2,23,24,29,30);2-3,5,7-9H,10-11,21H2,1H3,(H2,23,24,27,28);1H3/t22-;2*21-;20-;/m1111./s1. The topological polar surface area (TPSA) is 514 Å². The number of amides is 16. The van der Waals surface area contributed by atoms with Crippen LogP contribution in [0.25, 0.3) is 0 Å². The highest BCUT2D eigenvalue weighted by Crippen LogP contribution is 2.34. The molecule has 636 valence electrons. The van der Waals surface area contributed by atoms with Crippen LogP contribution in [-0.4, -0.2) is 206 Å². The molecule has 4 saturated heterocycles. The number of anilines is 1. The number of imide groups is 4. The number of halogens is 4. The molecule has 0 spiro atoms. The quantitative estimate of drug-likeness (QED) is 0.0303. The van der Waals surface area contributed by atoms with Crippen LogP contribution in [0, 0.1) is 59.0 Å². The number of rotatable bonds is 15. The third-order valence-electron chi connectivity index (χ3n) is 19.8. The molecule has 0 radical (unpaired) electrons. The van der Waals surface area contributed by atoms with E-state index in [1.807, 2.05) is 5.32 Å². The van der Waals surface area contributed by atoms with Gasteiger partial charge in [-0.15, -0.1) is 0 Å². The average molecular weight is 1710 g/mol. The molecule has 8 aromatic rings. The molecule has 16 amide bonds. The van der Waals surface area contributed by atoms with Crippen molar-refractivity contribution in [3.63, 3.8) is 0 Å². The number of aromatic nitrogens is 3. The van der Waals surface area contributed by atoms with Crippen molar-refractivity contribution in [3.05, 3.63) is 236 Å². The first-order valence-corrected chi connectivity index (χ1v) is 36.6. The zero-order chi connectivity index (χ0) is 88.7. The Balaban J connectivity index is 0.000000151. The summed E-state index contributed by atoms with van der Waals surface area (Å²) in [6.45, 7) is -3.22. The van der Waals surface area contributed by atoms with Crippen LogP contribution < -0.4 is 73.4 Å². The summed E-state index contributed by atoms with van der Waals surface area (Å²) in [5.41, 5.74) is 3.94. The first-order valence-electron chi connectivity index (χ1n) is 36.6. The molecule has 11 heterocycles. The number of hydrogen-bond donors (Lipinski definition) is 11. The van der Waals surface area contributed by atoms with Gasteiger partial charge in [-0.25, -0.2) is 47.5 Å². The van der Waals surface area contributed by atoms with Gasteiger partial charge in [-0.1, -0.05) is 71.6 Å². The molecule has 0 unspecified atom stereocenters. The highest BCUT2D eigenvalue weighted by atomic mass is 19.3. The molecule has 16 rings (SSSR count). The second kappa shape index (κ2) is 35.9. The Kier molecular flexibility index (Phi) is 25.1. The summed E-state index contributed by atoms with van der Waals surface area (Å²) < 4.78 is 76.3. The molecule has 3 aromatic heterocycles. The number of nitrogens with zero attached hydrogens (tertiary/aromatic N) is 7. The Hall–Kier alpha value is -17.0. The number of benzene rings is 5. The number of fused-ring (bicyclic) bond motifs is 4. The number of carbonyl (C=O) groups excluding carboxylic acids is 13. The van der Waals surface area contributed by atoms with E-state index >= 15 is 0 Å². The summed E-state index contributed by atoms with van der Waals surface area (Å²) in [5.74, 6) is 14.7. The van der Waals surface area contributed by atoms with Crippen LogP contribution in [0.15, 0.2) is 146 Å². The van der Waals surface area contributed by atoms with Gasteiger partial charge < -0.3 is 81.5 Å². The van der Waals surface area contributed by atoms with Gasteiger partial charge in [0.2, 0.25) is 22.2 Å². The van der Waals surface area contributed by atoms with E-state index < -0.39 is 113 Å². The number of nitrogen functional groups attached to an aromatic ring is 1. The van der Waals surface area contributed by atoms with Crippen LogP contribution in [0.5, 0.6) is 23.0 Å². The van der Waals surface area contributed by atoms with Gasteiger partial charge in [0.05, 0.1) is 83.2 Å². The Morgan fingerprint density at radius 3 is 1.12 bits per heavy atom. The van der Waals surface area contributed by atoms with Gasteiger partial charge in [0.25, 0.3) is 47.3 Å². The molecule has 8 aliphatic rings. The minimum absolute atomic E-state index is 0. The van der Waals surface area contributed by atoms with E-state index in [1.165, 1.54) is 103 Å². The van der Waals surface area contributed by atoms with Gasteiger partial charge in [-0.05, 0) is 113 Å². The molecule has 5 aromatic carbocycles. The molecule has 0 bridgehead atoms. The van der Waals surface area contributed by atoms with Crippen LogP contribution >= 0.6 is 0 Å². The fourth-order valence-electron chi connectivity index (χ4n) is 13.8. The summed E-state index contributed by atoms with van der Waals surface area (Å²) in [5, 5.41) is 27.7. The molecular formula is C84H67F4N17O20. The molecule has 125 heavy (non-hydrogen) atoms. The Labute approximate surface area is 704 Å². The summed E-state index contributed by atoms with van der Waals surface area (Å²) >= 11 is 0. The minimum Gasteiger partial charge on any atom is -0.497 e. The molecule has 4 fully saturated rings. The van der Waals surface area contributed by atoms with Crippen molar-refractivity contribution in [2.75, 3.05) is 60.4 Å². The van der Waals surface area contributed by atoms with Crippen molar-refractivity contribution in [3.8, 4) is 70.4 Å². The SMILES string of the molecule is COC(=O)c1ncccc1C#C[C@]1(CN2Cc3ccc(OC)cc3C2=O)NC(=O)NC1=O.COc1ccc2c(c1)C(=O)N(C[C@@]1(C#Cc3cccnc3C(=O)O)NC(=O)NC1=O)C2.COc1ccc2c(c1)C(=O)N(C[C@@]1(C#Cc3ccncc3N)NC(=O)NC1=O)C2.N.O=C1NC(=O)[C@@](C#Cc2cc(F)cc(F)c2)(CN2Cc3ccc(OC(F)F)cc3C2=O)N1. The van der Waals surface area contributed by atoms with E-state index in [0.717, 1.165) is 34.9 Å². The second-order valence-corrected chi connectivity index (χ2v) is 27.9. The molecule has 0 saturated carbocycles. The second-order valence-electron chi connectivity index (χ2n) is 27.9. The number of nitrogens with two attached hydrogens (primary N) is 1. The van der Waals surface area contributed by atoms with Crippen molar-refractivity contribution < 1.29 is 113 Å². The van der Waals surface area contributed by atoms with Crippen molar-refractivity contribution in [1.29, 1.82) is 0 Å². The van der Waals surface area contributed by atoms with Crippen LogP contribution in [0.4, 0.5) is 42.4 Å². The van der Waals surface area contributed by atoms with Crippen LogP contribution in [0.1, 0.15) is 107 Å². The zero-order valence-corrected chi connectivity index (χ0v) is 65.7. The Morgan fingerprint density at radius 2 is 0.792 bits per heavy atom. The van der Waals surface area contributed by atoms with Crippen molar-refractivity contribution >= 4 is 89.0 Å². The summed E-state index contributed by atoms with van der Waals surface area (Å²) in [6.07, 6.45) is 5.68.